The van der Waals surface area contributed by atoms with Gasteiger partial charge in [-0.1, -0.05) is 5.21 Å². The zero-order chi connectivity index (χ0) is 13.0. The second-order valence-corrected chi connectivity index (χ2v) is 4.23. The number of amides is 3. The fraction of sp³-hybridized carbons (Fsp3) is 0.600. The summed E-state index contributed by atoms with van der Waals surface area (Å²) in [5.41, 5.74) is 0.743. The topological polar surface area (TPSA) is 101 Å². The molecule has 1 aliphatic rings. The lowest BCUT2D eigenvalue weighted by molar-refractivity contribution is -0.120. The first-order valence-corrected chi connectivity index (χ1v) is 5.81. The molecule has 1 saturated carbocycles. The first kappa shape index (κ1) is 12.5. The van der Waals surface area contributed by atoms with Crippen LogP contribution in [-0.2, 0) is 17.9 Å². The largest absolute Gasteiger partial charge is 0.335 e. The standard InChI is InChI=1S/C10H16N6O2/c1-11-4-8-5-16(15-14-8)6-9(17)13-10(18)12-7-2-3-7/h5,7,11H,2-4,6H2,1H3,(H2,12,13,17,18). The highest BCUT2D eigenvalue weighted by atomic mass is 16.2. The van der Waals surface area contributed by atoms with Crippen LogP contribution in [-0.4, -0.2) is 40.0 Å². The van der Waals surface area contributed by atoms with Gasteiger partial charge in [-0.25, -0.2) is 9.48 Å². The first-order valence-electron chi connectivity index (χ1n) is 5.81. The first-order chi connectivity index (χ1) is 8.67. The number of hydrogen-bond donors (Lipinski definition) is 3. The van der Waals surface area contributed by atoms with E-state index in [4.69, 9.17) is 0 Å². The minimum absolute atomic E-state index is 0.0190. The number of rotatable bonds is 5. The van der Waals surface area contributed by atoms with E-state index < -0.39 is 11.9 Å². The number of nitrogens with zero attached hydrogens (tertiary/aromatic N) is 3. The van der Waals surface area contributed by atoms with Crippen LogP contribution >= 0.6 is 0 Å². The number of carbonyl (C=O) groups is 2. The fourth-order valence-electron chi connectivity index (χ4n) is 1.44. The van der Waals surface area contributed by atoms with E-state index in [2.05, 4.69) is 26.3 Å². The van der Waals surface area contributed by atoms with Gasteiger partial charge in [0.25, 0.3) is 0 Å². The van der Waals surface area contributed by atoms with Crippen LogP contribution in [0.25, 0.3) is 0 Å². The Kier molecular flexibility index (Phi) is 3.88. The number of nitrogens with one attached hydrogen (secondary N) is 3. The van der Waals surface area contributed by atoms with Crippen LogP contribution in [0.5, 0.6) is 0 Å². The molecule has 1 fully saturated rings. The zero-order valence-electron chi connectivity index (χ0n) is 10.1. The van der Waals surface area contributed by atoms with Crippen molar-refractivity contribution in [1.29, 1.82) is 0 Å². The maximum absolute atomic E-state index is 11.5. The van der Waals surface area contributed by atoms with Crippen molar-refractivity contribution in [3.8, 4) is 0 Å². The van der Waals surface area contributed by atoms with Gasteiger partial charge in [-0.05, 0) is 19.9 Å². The maximum Gasteiger partial charge on any atom is 0.321 e. The molecule has 8 nitrogen and oxygen atoms in total. The van der Waals surface area contributed by atoms with Crippen molar-refractivity contribution < 1.29 is 9.59 Å². The summed E-state index contributed by atoms with van der Waals surface area (Å²) in [5, 5.41) is 15.5. The Bertz CT molecular complexity index is 439. The molecule has 0 aliphatic heterocycles. The summed E-state index contributed by atoms with van der Waals surface area (Å²) in [6.07, 6.45) is 3.63. The van der Waals surface area contributed by atoms with Crippen LogP contribution in [0.15, 0.2) is 6.20 Å². The van der Waals surface area contributed by atoms with E-state index >= 15 is 0 Å². The Hall–Kier alpha value is -1.96. The summed E-state index contributed by atoms with van der Waals surface area (Å²) in [6, 6.07) is -0.218. The van der Waals surface area contributed by atoms with E-state index in [1.807, 2.05) is 0 Å². The molecular weight excluding hydrogens is 236 g/mol. The van der Waals surface area contributed by atoms with E-state index in [0.29, 0.717) is 6.54 Å². The van der Waals surface area contributed by atoms with Crippen LogP contribution in [0.1, 0.15) is 18.5 Å². The molecule has 0 radical (unpaired) electrons. The predicted octanol–water partition coefficient (Wildman–Crippen LogP) is -1.01. The maximum atomic E-state index is 11.5. The van der Waals surface area contributed by atoms with Crippen LogP contribution in [0, 0.1) is 0 Å². The lowest BCUT2D eigenvalue weighted by atomic mass is 10.5. The van der Waals surface area contributed by atoms with Crippen molar-refractivity contribution in [3.63, 3.8) is 0 Å². The third-order valence-electron chi connectivity index (χ3n) is 2.42. The molecule has 3 amide bonds. The van der Waals surface area contributed by atoms with Crippen molar-refractivity contribution in [2.75, 3.05) is 7.05 Å². The van der Waals surface area contributed by atoms with Gasteiger partial charge in [-0.15, -0.1) is 5.10 Å². The van der Waals surface area contributed by atoms with Crippen LogP contribution in [0.2, 0.25) is 0 Å². The number of hydrogen-bond acceptors (Lipinski definition) is 5. The van der Waals surface area contributed by atoms with Crippen molar-refractivity contribution in [2.24, 2.45) is 0 Å². The monoisotopic (exact) mass is 252 g/mol. The van der Waals surface area contributed by atoms with E-state index in [9.17, 15) is 9.59 Å². The van der Waals surface area contributed by atoms with E-state index in [1.54, 1.807) is 13.2 Å². The second kappa shape index (κ2) is 5.58. The molecule has 3 N–H and O–H groups in total. The number of carbonyl (C=O) groups excluding carboxylic acids is 2. The third kappa shape index (κ3) is 3.81. The van der Waals surface area contributed by atoms with Gasteiger partial charge in [0.1, 0.15) is 6.54 Å². The van der Waals surface area contributed by atoms with Gasteiger partial charge in [-0.3, -0.25) is 10.1 Å². The molecule has 2 rings (SSSR count). The quantitative estimate of drug-likeness (QED) is 0.623. The average molecular weight is 252 g/mol. The Morgan fingerprint density at radius 2 is 2.28 bits per heavy atom. The Morgan fingerprint density at radius 3 is 2.94 bits per heavy atom. The van der Waals surface area contributed by atoms with Gasteiger partial charge < -0.3 is 10.6 Å². The normalized spacial score (nSPS) is 14.3. The van der Waals surface area contributed by atoms with Crippen molar-refractivity contribution in [2.45, 2.75) is 32.0 Å². The van der Waals surface area contributed by atoms with Crippen molar-refractivity contribution in [3.05, 3.63) is 11.9 Å². The molecule has 18 heavy (non-hydrogen) atoms. The molecule has 1 aliphatic carbocycles. The molecular formula is C10H16N6O2. The van der Waals surface area contributed by atoms with Crippen LogP contribution in [0.4, 0.5) is 4.79 Å². The minimum atomic E-state index is -0.446. The molecule has 0 unspecified atom stereocenters. The summed E-state index contributed by atoms with van der Waals surface area (Å²) in [6.45, 7) is 0.568. The molecule has 0 bridgehead atoms. The molecule has 8 heteroatoms. The van der Waals surface area contributed by atoms with E-state index in [-0.39, 0.29) is 12.6 Å². The lowest BCUT2D eigenvalue weighted by Gasteiger charge is -2.04. The number of imide groups is 1. The summed E-state index contributed by atoms with van der Waals surface area (Å²) in [4.78, 5) is 22.8. The number of aromatic nitrogens is 3. The second-order valence-electron chi connectivity index (χ2n) is 4.23. The molecule has 1 aromatic heterocycles. The highest BCUT2D eigenvalue weighted by Crippen LogP contribution is 2.18. The minimum Gasteiger partial charge on any atom is -0.335 e. The molecule has 1 aromatic rings. The molecule has 98 valence electrons. The SMILES string of the molecule is CNCc1cn(CC(=O)NC(=O)NC2CC2)nn1. The van der Waals surface area contributed by atoms with Gasteiger partial charge >= 0.3 is 6.03 Å². The third-order valence-corrected chi connectivity index (χ3v) is 2.42. The highest BCUT2D eigenvalue weighted by Gasteiger charge is 2.23. The molecule has 0 saturated heterocycles. The Balaban J connectivity index is 1.76. The highest BCUT2D eigenvalue weighted by molar-refractivity contribution is 5.94. The summed E-state index contributed by atoms with van der Waals surface area (Å²) in [7, 11) is 1.80. The molecule has 0 spiro atoms. The van der Waals surface area contributed by atoms with Gasteiger partial charge in [0.2, 0.25) is 5.91 Å². The Labute approximate surface area is 104 Å². The molecule has 0 aromatic carbocycles. The van der Waals surface area contributed by atoms with Gasteiger partial charge in [0, 0.05) is 12.6 Å². The molecule has 1 heterocycles. The van der Waals surface area contributed by atoms with Crippen molar-refractivity contribution in [1.82, 2.24) is 30.9 Å². The fourth-order valence-corrected chi connectivity index (χ4v) is 1.44. The summed E-state index contributed by atoms with van der Waals surface area (Å²) < 4.78 is 1.40. The van der Waals surface area contributed by atoms with Crippen molar-refractivity contribution >= 4 is 11.9 Å². The van der Waals surface area contributed by atoms with Crippen LogP contribution < -0.4 is 16.0 Å². The van der Waals surface area contributed by atoms with Gasteiger partial charge in [0.15, 0.2) is 0 Å². The summed E-state index contributed by atoms with van der Waals surface area (Å²) >= 11 is 0. The average Bonchev–Trinajstić information content (AvgIpc) is 2.99. The van der Waals surface area contributed by atoms with E-state index in [0.717, 1.165) is 18.5 Å². The predicted molar refractivity (Wildman–Crippen MR) is 62.5 cm³/mol. The smallest absolute Gasteiger partial charge is 0.321 e. The van der Waals surface area contributed by atoms with Gasteiger partial charge in [0.05, 0.1) is 11.9 Å². The van der Waals surface area contributed by atoms with Crippen LogP contribution in [0.3, 0.4) is 0 Å². The zero-order valence-corrected chi connectivity index (χ0v) is 10.1. The van der Waals surface area contributed by atoms with E-state index in [1.165, 1.54) is 4.68 Å². The number of urea groups is 1. The molecule has 0 atom stereocenters. The summed E-state index contributed by atoms with van der Waals surface area (Å²) in [5.74, 6) is -0.408. The lowest BCUT2D eigenvalue weighted by Crippen LogP contribution is -2.41. The Morgan fingerprint density at radius 1 is 1.50 bits per heavy atom. The van der Waals surface area contributed by atoms with Gasteiger partial charge in [-0.2, -0.15) is 0 Å².